The van der Waals surface area contributed by atoms with Crippen LogP contribution in [0.2, 0.25) is 5.02 Å². The Morgan fingerprint density at radius 3 is 2.53 bits per heavy atom. The summed E-state index contributed by atoms with van der Waals surface area (Å²) in [7, 11) is -3.94. The van der Waals surface area contributed by atoms with E-state index < -0.39 is 22.0 Å². The van der Waals surface area contributed by atoms with E-state index in [-0.39, 0.29) is 23.3 Å². The van der Waals surface area contributed by atoms with Crippen LogP contribution in [0, 0.1) is 5.92 Å². The molecule has 2 N–H and O–H groups in total. The first-order valence-electron chi connectivity index (χ1n) is 10.5. The Bertz CT molecular complexity index is 1120. The molecule has 0 fully saturated rings. The van der Waals surface area contributed by atoms with Gasteiger partial charge in [0, 0.05) is 30.7 Å². The van der Waals surface area contributed by atoms with Crippen LogP contribution in [0.4, 0.5) is 5.69 Å². The van der Waals surface area contributed by atoms with Gasteiger partial charge in [0.15, 0.2) is 0 Å². The molecule has 9 heteroatoms. The molecular formula is C23H28ClN3O4S. The summed E-state index contributed by atoms with van der Waals surface area (Å²) in [5.41, 5.74) is 2.28. The minimum absolute atomic E-state index is 0.0781. The first-order valence-corrected chi connectivity index (χ1v) is 12.4. The maximum absolute atomic E-state index is 13.1. The Morgan fingerprint density at radius 1 is 1.16 bits per heavy atom. The molecule has 1 aliphatic rings. The van der Waals surface area contributed by atoms with Crippen molar-refractivity contribution >= 4 is 39.1 Å². The zero-order valence-corrected chi connectivity index (χ0v) is 20.0. The summed E-state index contributed by atoms with van der Waals surface area (Å²) < 4.78 is 28.7. The van der Waals surface area contributed by atoms with Crippen molar-refractivity contribution in [2.24, 2.45) is 5.92 Å². The molecular weight excluding hydrogens is 450 g/mol. The lowest BCUT2D eigenvalue weighted by atomic mass is 10.0. The summed E-state index contributed by atoms with van der Waals surface area (Å²) in [4.78, 5) is 26.3. The van der Waals surface area contributed by atoms with Gasteiger partial charge in [-0.2, -0.15) is 4.72 Å². The predicted octanol–water partition coefficient (Wildman–Crippen LogP) is 3.26. The number of sulfonamides is 1. The fraction of sp³-hybridized carbons (Fsp3) is 0.391. The number of benzene rings is 2. The highest BCUT2D eigenvalue weighted by molar-refractivity contribution is 7.89. The molecule has 2 amide bonds. The van der Waals surface area contributed by atoms with Crippen molar-refractivity contribution in [3.8, 4) is 0 Å². The third-order valence-electron chi connectivity index (χ3n) is 5.37. The van der Waals surface area contributed by atoms with Gasteiger partial charge in [-0.1, -0.05) is 43.6 Å². The van der Waals surface area contributed by atoms with Gasteiger partial charge in [-0.05, 0) is 54.2 Å². The van der Waals surface area contributed by atoms with Gasteiger partial charge >= 0.3 is 0 Å². The van der Waals surface area contributed by atoms with Gasteiger partial charge in [0.05, 0.1) is 4.90 Å². The van der Waals surface area contributed by atoms with E-state index in [4.69, 9.17) is 11.6 Å². The number of carbonyl (C=O) groups excluding carboxylic acids is 2. The number of carbonyl (C=O) groups is 2. The standard InChI is InChI=1S/C23H28ClN3O4S/c1-15(2)12-21(23(29)25-14-18-6-4-5-7-20(18)24)26-32(30,31)19-8-9-22-17(13-19)10-11-27(22)16(3)28/h4-9,13,15,21,26H,10-12,14H2,1-3H3,(H,25,29)/t21-/m0/s1. The molecule has 2 aromatic rings. The van der Waals surface area contributed by atoms with Gasteiger partial charge in [0.2, 0.25) is 21.8 Å². The van der Waals surface area contributed by atoms with Crippen molar-refractivity contribution in [2.75, 3.05) is 11.4 Å². The molecule has 0 aromatic heterocycles. The number of nitrogens with zero attached hydrogens (tertiary/aromatic N) is 1. The molecule has 1 atom stereocenters. The number of halogens is 1. The normalized spacial score (nSPS) is 14.3. The maximum atomic E-state index is 13.1. The first-order chi connectivity index (χ1) is 15.1. The fourth-order valence-electron chi connectivity index (χ4n) is 3.76. The molecule has 0 aliphatic carbocycles. The van der Waals surface area contributed by atoms with E-state index in [1.165, 1.54) is 13.0 Å². The predicted molar refractivity (Wildman–Crippen MR) is 125 cm³/mol. The summed E-state index contributed by atoms with van der Waals surface area (Å²) in [6.45, 7) is 6.07. The van der Waals surface area contributed by atoms with E-state index in [9.17, 15) is 18.0 Å². The number of fused-ring (bicyclic) bond motifs is 1. The molecule has 2 aromatic carbocycles. The highest BCUT2D eigenvalue weighted by Gasteiger charge is 2.29. The van der Waals surface area contributed by atoms with Crippen LogP contribution in [0.1, 0.15) is 38.3 Å². The van der Waals surface area contributed by atoms with Crippen LogP contribution in [0.5, 0.6) is 0 Å². The van der Waals surface area contributed by atoms with Crippen LogP contribution in [0.3, 0.4) is 0 Å². The molecule has 0 bridgehead atoms. The number of hydrogen-bond acceptors (Lipinski definition) is 4. The van der Waals surface area contributed by atoms with Crippen molar-refractivity contribution in [2.45, 2.75) is 51.1 Å². The highest BCUT2D eigenvalue weighted by Crippen LogP contribution is 2.30. The van der Waals surface area contributed by atoms with Crippen LogP contribution in [-0.4, -0.2) is 32.8 Å². The summed E-state index contributed by atoms with van der Waals surface area (Å²) >= 11 is 6.15. The van der Waals surface area contributed by atoms with Crippen LogP contribution in [0.25, 0.3) is 0 Å². The van der Waals surface area contributed by atoms with E-state index in [1.807, 2.05) is 19.9 Å². The smallest absolute Gasteiger partial charge is 0.241 e. The second-order valence-corrected chi connectivity index (χ2v) is 10.4. The van der Waals surface area contributed by atoms with E-state index >= 15 is 0 Å². The zero-order valence-electron chi connectivity index (χ0n) is 18.4. The Kier molecular flexibility index (Phi) is 7.59. The van der Waals surface area contributed by atoms with Gasteiger partial charge < -0.3 is 10.2 Å². The van der Waals surface area contributed by atoms with Gasteiger partial charge in [0.1, 0.15) is 6.04 Å². The first kappa shape index (κ1) is 24.2. The lowest BCUT2D eigenvalue weighted by Crippen LogP contribution is -2.47. The molecule has 32 heavy (non-hydrogen) atoms. The van der Waals surface area contributed by atoms with E-state index in [1.54, 1.807) is 35.2 Å². The molecule has 7 nitrogen and oxygen atoms in total. The lowest BCUT2D eigenvalue weighted by Gasteiger charge is -2.21. The number of hydrogen-bond donors (Lipinski definition) is 2. The van der Waals surface area contributed by atoms with Crippen LogP contribution < -0.4 is 14.9 Å². The van der Waals surface area contributed by atoms with Gasteiger partial charge in [-0.25, -0.2) is 8.42 Å². The summed E-state index contributed by atoms with van der Waals surface area (Å²) in [5.74, 6) is -0.395. The van der Waals surface area contributed by atoms with E-state index in [0.29, 0.717) is 24.4 Å². The molecule has 0 spiro atoms. The van der Waals surface area contributed by atoms with Crippen LogP contribution in [-0.2, 0) is 32.6 Å². The Hall–Kier alpha value is -2.42. The molecule has 0 unspecified atom stereocenters. The average Bonchev–Trinajstić information content (AvgIpc) is 3.15. The summed E-state index contributed by atoms with van der Waals surface area (Å²) in [6, 6.07) is 10.9. The van der Waals surface area contributed by atoms with Crippen molar-refractivity contribution in [3.63, 3.8) is 0 Å². The number of anilines is 1. The zero-order chi connectivity index (χ0) is 23.5. The monoisotopic (exact) mass is 477 g/mol. The van der Waals surface area contributed by atoms with Crippen LogP contribution >= 0.6 is 11.6 Å². The number of nitrogens with one attached hydrogen (secondary N) is 2. The quantitative estimate of drug-likeness (QED) is 0.610. The largest absolute Gasteiger partial charge is 0.351 e. The van der Waals surface area contributed by atoms with Crippen LogP contribution in [0.15, 0.2) is 47.4 Å². The molecule has 0 radical (unpaired) electrons. The maximum Gasteiger partial charge on any atom is 0.241 e. The van der Waals surface area contributed by atoms with Crippen molar-refractivity contribution in [1.82, 2.24) is 10.0 Å². The van der Waals surface area contributed by atoms with E-state index in [0.717, 1.165) is 16.8 Å². The second kappa shape index (κ2) is 10.0. The SMILES string of the molecule is CC(=O)N1CCc2cc(S(=O)(=O)N[C@@H](CC(C)C)C(=O)NCc3ccccc3Cl)ccc21. The second-order valence-electron chi connectivity index (χ2n) is 8.32. The van der Waals surface area contributed by atoms with Gasteiger partial charge in [-0.3, -0.25) is 9.59 Å². The highest BCUT2D eigenvalue weighted by atomic mass is 35.5. The summed E-state index contributed by atoms with van der Waals surface area (Å²) in [5, 5.41) is 3.32. The number of rotatable bonds is 8. The molecule has 1 heterocycles. The Morgan fingerprint density at radius 2 is 1.88 bits per heavy atom. The molecule has 0 saturated heterocycles. The molecule has 3 rings (SSSR count). The van der Waals surface area contributed by atoms with Crippen molar-refractivity contribution < 1.29 is 18.0 Å². The molecule has 172 valence electrons. The minimum atomic E-state index is -3.94. The topological polar surface area (TPSA) is 95.6 Å². The molecule has 0 saturated carbocycles. The average molecular weight is 478 g/mol. The summed E-state index contributed by atoms with van der Waals surface area (Å²) in [6.07, 6.45) is 0.933. The van der Waals surface area contributed by atoms with E-state index in [2.05, 4.69) is 10.0 Å². The third kappa shape index (κ3) is 5.68. The van der Waals surface area contributed by atoms with Crippen molar-refractivity contribution in [3.05, 3.63) is 58.6 Å². The van der Waals surface area contributed by atoms with Gasteiger partial charge in [-0.15, -0.1) is 0 Å². The minimum Gasteiger partial charge on any atom is -0.351 e. The Labute approximate surface area is 194 Å². The Balaban J connectivity index is 1.76. The van der Waals surface area contributed by atoms with Crippen molar-refractivity contribution in [1.29, 1.82) is 0 Å². The molecule has 1 aliphatic heterocycles. The number of amides is 2. The third-order valence-corrected chi connectivity index (χ3v) is 7.21. The lowest BCUT2D eigenvalue weighted by molar-refractivity contribution is -0.123. The fourth-order valence-corrected chi connectivity index (χ4v) is 5.22. The van der Waals surface area contributed by atoms with Gasteiger partial charge in [0.25, 0.3) is 0 Å².